The summed E-state index contributed by atoms with van der Waals surface area (Å²) in [5.74, 6) is 1.26. The van der Waals surface area contributed by atoms with Gasteiger partial charge in [0.15, 0.2) is 11.5 Å². The first kappa shape index (κ1) is 19.7. The molecule has 0 atom stereocenters. The van der Waals surface area contributed by atoms with E-state index < -0.39 is 10.0 Å². The topological polar surface area (TPSA) is 55.8 Å². The minimum atomic E-state index is -3.55. The molecule has 0 aromatic heterocycles. The van der Waals surface area contributed by atoms with Gasteiger partial charge < -0.3 is 9.47 Å². The molecule has 2 aromatic carbocycles. The first-order chi connectivity index (χ1) is 13.0. The first-order valence-corrected chi connectivity index (χ1v) is 10.8. The van der Waals surface area contributed by atoms with Gasteiger partial charge in [-0.2, -0.15) is 4.31 Å². The highest BCUT2D eigenvalue weighted by Gasteiger charge is 2.23. The fraction of sp³-hybridized carbons (Fsp3) is 0.429. The number of sulfonamides is 1. The van der Waals surface area contributed by atoms with Gasteiger partial charge in [0.2, 0.25) is 10.0 Å². The van der Waals surface area contributed by atoms with Crippen molar-refractivity contribution in [1.29, 1.82) is 0 Å². The van der Waals surface area contributed by atoms with Crippen LogP contribution in [0.3, 0.4) is 0 Å². The monoisotopic (exact) mass is 389 g/mol. The van der Waals surface area contributed by atoms with E-state index in [0.717, 1.165) is 24.8 Å². The molecule has 6 heteroatoms. The molecule has 27 heavy (non-hydrogen) atoms. The molecule has 3 rings (SSSR count). The van der Waals surface area contributed by atoms with Crippen LogP contribution in [0.5, 0.6) is 11.5 Å². The number of rotatable bonds is 7. The number of hydrogen-bond donors (Lipinski definition) is 0. The predicted octanol–water partition coefficient (Wildman–Crippen LogP) is 3.79. The zero-order valence-corrected chi connectivity index (χ0v) is 17.0. The van der Waals surface area contributed by atoms with Gasteiger partial charge in [0.1, 0.15) is 0 Å². The number of hydrogen-bond acceptors (Lipinski definition) is 4. The fourth-order valence-corrected chi connectivity index (χ4v) is 4.69. The second-order valence-corrected chi connectivity index (χ2v) is 8.86. The number of fused-ring (bicyclic) bond motifs is 1. The number of benzene rings is 2. The van der Waals surface area contributed by atoms with Crippen molar-refractivity contribution >= 4 is 10.0 Å². The number of nitrogens with zero attached hydrogens (tertiary/aromatic N) is 1. The van der Waals surface area contributed by atoms with E-state index in [0.29, 0.717) is 23.0 Å². The van der Waals surface area contributed by atoms with Gasteiger partial charge in [-0.25, -0.2) is 8.42 Å². The lowest BCUT2D eigenvalue weighted by atomic mass is 9.92. The molecule has 0 aliphatic heterocycles. The molecular weight excluding hydrogens is 362 g/mol. The molecule has 0 bridgehead atoms. The summed E-state index contributed by atoms with van der Waals surface area (Å²) in [4.78, 5) is 0.364. The standard InChI is InChI=1S/C21H27NO4S/c1-4-26-20-12-9-16(13-21(20)25-3)15-22(2)27(23,24)19-11-10-17-7-5-6-8-18(17)14-19/h9-14H,4-8,15H2,1-3H3. The van der Waals surface area contributed by atoms with Gasteiger partial charge in [-0.05, 0) is 73.6 Å². The molecule has 2 aromatic rings. The average molecular weight is 390 g/mol. The quantitative estimate of drug-likeness (QED) is 0.723. The van der Waals surface area contributed by atoms with Crippen molar-refractivity contribution in [3.05, 3.63) is 53.1 Å². The Kier molecular flexibility index (Phi) is 6.07. The Balaban J connectivity index is 1.81. The van der Waals surface area contributed by atoms with E-state index in [2.05, 4.69) is 0 Å². The molecule has 0 fully saturated rings. The lowest BCUT2D eigenvalue weighted by Gasteiger charge is -2.21. The molecular formula is C21H27NO4S. The van der Waals surface area contributed by atoms with E-state index in [1.54, 1.807) is 20.2 Å². The van der Waals surface area contributed by atoms with Gasteiger partial charge in [-0.15, -0.1) is 0 Å². The van der Waals surface area contributed by atoms with E-state index in [9.17, 15) is 8.42 Å². The molecule has 0 spiro atoms. The van der Waals surface area contributed by atoms with Crippen molar-refractivity contribution in [2.45, 2.75) is 44.0 Å². The van der Waals surface area contributed by atoms with E-state index in [1.807, 2.05) is 37.3 Å². The summed E-state index contributed by atoms with van der Waals surface area (Å²) < 4.78 is 38.3. The zero-order valence-electron chi connectivity index (χ0n) is 16.2. The molecule has 0 N–H and O–H groups in total. The summed E-state index contributed by atoms with van der Waals surface area (Å²) in [5.41, 5.74) is 3.29. The van der Waals surface area contributed by atoms with Gasteiger partial charge in [-0.1, -0.05) is 12.1 Å². The molecule has 1 aliphatic carbocycles. The average Bonchev–Trinajstić information content (AvgIpc) is 2.68. The molecule has 1 aliphatic rings. The molecule has 0 heterocycles. The molecule has 0 unspecified atom stereocenters. The fourth-order valence-electron chi connectivity index (χ4n) is 3.48. The molecule has 5 nitrogen and oxygen atoms in total. The van der Waals surface area contributed by atoms with E-state index in [-0.39, 0.29) is 6.54 Å². The zero-order chi connectivity index (χ0) is 19.4. The SMILES string of the molecule is CCOc1ccc(CN(C)S(=O)(=O)c2ccc3c(c2)CCCC3)cc1OC. The van der Waals surface area contributed by atoms with Gasteiger partial charge in [0.05, 0.1) is 18.6 Å². The lowest BCUT2D eigenvalue weighted by molar-refractivity contribution is 0.310. The molecule has 0 amide bonds. The van der Waals surface area contributed by atoms with Crippen LogP contribution in [-0.2, 0) is 29.4 Å². The number of methoxy groups -OCH3 is 1. The van der Waals surface area contributed by atoms with Crippen molar-refractivity contribution < 1.29 is 17.9 Å². The second-order valence-electron chi connectivity index (χ2n) is 6.82. The highest BCUT2D eigenvalue weighted by atomic mass is 32.2. The summed E-state index contributed by atoms with van der Waals surface area (Å²) in [6.07, 6.45) is 4.30. The van der Waals surface area contributed by atoms with Gasteiger partial charge in [-0.3, -0.25) is 0 Å². The summed E-state index contributed by atoms with van der Waals surface area (Å²) >= 11 is 0. The Labute approximate surface area is 162 Å². The van der Waals surface area contributed by atoms with Crippen LogP contribution >= 0.6 is 0 Å². The maximum absolute atomic E-state index is 13.0. The maximum atomic E-state index is 13.0. The Bertz CT molecular complexity index is 908. The predicted molar refractivity (Wildman–Crippen MR) is 106 cm³/mol. The van der Waals surface area contributed by atoms with Gasteiger partial charge in [0, 0.05) is 13.6 Å². The smallest absolute Gasteiger partial charge is 0.243 e. The molecule has 146 valence electrons. The Morgan fingerprint density at radius 1 is 1.00 bits per heavy atom. The minimum Gasteiger partial charge on any atom is -0.493 e. The Hall–Kier alpha value is -2.05. The van der Waals surface area contributed by atoms with Crippen LogP contribution in [0.1, 0.15) is 36.5 Å². The van der Waals surface area contributed by atoms with Crippen LogP contribution in [-0.4, -0.2) is 33.5 Å². The van der Waals surface area contributed by atoms with E-state index in [4.69, 9.17) is 9.47 Å². The van der Waals surface area contributed by atoms with E-state index >= 15 is 0 Å². The third kappa shape index (κ3) is 4.28. The van der Waals surface area contributed by atoms with Crippen molar-refractivity contribution in [2.24, 2.45) is 0 Å². The van der Waals surface area contributed by atoms with E-state index in [1.165, 1.54) is 21.9 Å². The lowest BCUT2D eigenvalue weighted by Crippen LogP contribution is -2.26. The van der Waals surface area contributed by atoms with Crippen molar-refractivity contribution in [2.75, 3.05) is 20.8 Å². The van der Waals surface area contributed by atoms with Crippen molar-refractivity contribution in [1.82, 2.24) is 4.31 Å². The third-order valence-electron chi connectivity index (χ3n) is 4.96. The largest absolute Gasteiger partial charge is 0.493 e. The molecule has 0 saturated carbocycles. The van der Waals surface area contributed by atoms with Crippen LogP contribution in [0.15, 0.2) is 41.3 Å². The summed E-state index contributed by atoms with van der Waals surface area (Å²) in [7, 11) is -0.362. The Morgan fingerprint density at radius 3 is 2.44 bits per heavy atom. The maximum Gasteiger partial charge on any atom is 0.243 e. The van der Waals surface area contributed by atoms with Crippen LogP contribution < -0.4 is 9.47 Å². The highest BCUT2D eigenvalue weighted by Crippen LogP contribution is 2.30. The van der Waals surface area contributed by atoms with Crippen molar-refractivity contribution in [3.63, 3.8) is 0 Å². The molecule has 0 saturated heterocycles. The third-order valence-corrected chi connectivity index (χ3v) is 6.76. The normalized spacial score (nSPS) is 14.1. The van der Waals surface area contributed by atoms with Crippen LogP contribution in [0, 0.1) is 0 Å². The number of ether oxygens (including phenoxy) is 2. The van der Waals surface area contributed by atoms with Gasteiger partial charge >= 0.3 is 0 Å². The minimum absolute atomic E-state index is 0.266. The highest BCUT2D eigenvalue weighted by molar-refractivity contribution is 7.89. The van der Waals surface area contributed by atoms with Crippen LogP contribution in [0.2, 0.25) is 0 Å². The van der Waals surface area contributed by atoms with Crippen molar-refractivity contribution in [3.8, 4) is 11.5 Å². The first-order valence-electron chi connectivity index (χ1n) is 9.33. The summed E-state index contributed by atoms with van der Waals surface area (Å²) in [6, 6.07) is 11.1. The summed E-state index contributed by atoms with van der Waals surface area (Å²) in [6.45, 7) is 2.72. The second kappa shape index (κ2) is 8.31. The van der Waals surface area contributed by atoms with Gasteiger partial charge in [0.25, 0.3) is 0 Å². The Morgan fingerprint density at radius 2 is 1.74 bits per heavy atom. The molecule has 0 radical (unpaired) electrons. The summed E-state index contributed by atoms with van der Waals surface area (Å²) in [5, 5.41) is 0. The van der Waals surface area contributed by atoms with Crippen LogP contribution in [0.4, 0.5) is 0 Å². The number of aryl methyl sites for hydroxylation is 2. The van der Waals surface area contributed by atoms with Crippen LogP contribution in [0.25, 0.3) is 0 Å².